The van der Waals surface area contributed by atoms with E-state index in [1.807, 2.05) is 11.2 Å². The Hall–Kier alpha value is -2.22. The first-order chi connectivity index (χ1) is 11.6. The van der Waals surface area contributed by atoms with Gasteiger partial charge in [0.25, 0.3) is 0 Å². The number of halogens is 2. The lowest BCUT2D eigenvalue weighted by Gasteiger charge is -2.35. The summed E-state index contributed by atoms with van der Waals surface area (Å²) in [6.45, 7) is 1.36. The van der Waals surface area contributed by atoms with Gasteiger partial charge in [-0.3, -0.25) is 4.79 Å². The number of carbonyl (C=O) groups excluding carboxylic acids is 1. The lowest BCUT2D eigenvalue weighted by molar-refractivity contribution is -0.131. The number of amides is 1. The fourth-order valence-electron chi connectivity index (χ4n) is 2.53. The van der Waals surface area contributed by atoms with Gasteiger partial charge in [0.2, 0.25) is 5.91 Å². The molecule has 0 radical (unpaired) electrons. The standard InChI is InChI=1S/C16H16F2N4OS/c1-24-16-19-5-4-14(20-16)21-6-7-22(15(23)10-21)9-11-2-3-12(17)8-13(11)18/h2-5,8H,6-7,9-10H2,1H3. The summed E-state index contributed by atoms with van der Waals surface area (Å²) >= 11 is 1.44. The third kappa shape index (κ3) is 3.64. The number of hydrogen-bond donors (Lipinski definition) is 0. The van der Waals surface area contributed by atoms with Crippen molar-refractivity contribution in [3.8, 4) is 0 Å². The van der Waals surface area contributed by atoms with Crippen molar-refractivity contribution in [3.63, 3.8) is 0 Å². The Morgan fingerprint density at radius 1 is 1.25 bits per heavy atom. The third-order valence-corrected chi connectivity index (χ3v) is 4.38. The minimum absolute atomic E-state index is 0.116. The highest BCUT2D eigenvalue weighted by molar-refractivity contribution is 7.98. The summed E-state index contributed by atoms with van der Waals surface area (Å²) in [5.74, 6) is -0.670. The number of rotatable bonds is 4. The Morgan fingerprint density at radius 2 is 2.08 bits per heavy atom. The molecule has 1 aliphatic heterocycles. The van der Waals surface area contributed by atoms with E-state index in [4.69, 9.17) is 0 Å². The van der Waals surface area contributed by atoms with Crippen LogP contribution in [0.3, 0.4) is 0 Å². The molecule has 2 heterocycles. The number of carbonyl (C=O) groups is 1. The van der Waals surface area contributed by atoms with Crippen LogP contribution in [0.5, 0.6) is 0 Å². The molecule has 1 aliphatic rings. The van der Waals surface area contributed by atoms with Crippen molar-refractivity contribution in [2.45, 2.75) is 11.7 Å². The average Bonchev–Trinajstić information content (AvgIpc) is 2.59. The number of anilines is 1. The minimum atomic E-state index is -0.634. The first-order valence-electron chi connectivity index (χ1n) is 7.40. The second-order valence-corrected chi connectivity index (χ2v) is 6.15. The number of benzene rings is 1. The van der Waals surface area contributed by atoms with Crippen LogP contribution in [0, 0.1) is 11.6 Å². The largest absolute Gasteiger partial charge is 0.345 e. The van der Waals surface area contributed by atoms with Crippen LogP contribution < -0.4 is 4.90 Å². The molecule has 0 N–H and O–H groups in total. The van der Waals surface area contributed by atoms with Crippen molar-refractivity contribution in [1.29, 1.82) is 0 Å². The number of hydrogen-bond acceptors (Lipinski definition) is 5. The highest BCUT2D eigenvalue weighted by Crippen LogP contribution is 2.19. The predicted octanol–water partition coefficient (Wildman–Crippen LogP) is 2.33. The van der Waals surface area contributed by atoms with E-state index < -0.39 is 11.6 Å². The zero-order chi connectivity index (χ0) is 17.1. The summed E-state index contributed by atoms with van der Waals surface area (Å²) in [7, 11) is 0. The third-order valence-electron chi connectivity index (χ3n) is 3.82. The molecule has 5 nitrogen and oxygen atoms in total. The number of thioether (sulfide) groups is 1. The molecule has 0 atom stereocenters. The number of piperazine rings is 1. The summed E-state index contributed by atoms with van der Waals surface area (Å²) < 4.78 is 26.7. The second-order valence-electron chi connectivity index (χ2n) is 5.37. The quantitative estimate of drug-likeness (QED) is 0.626. The van der Waals surface area contributed by atoms with Crippen LogP contribution in [0.4, 0.5) is 14.6 Å². The van der Waals surface area contributed by atoms with E-state index in [0.717, 1.165) is 6.07 Å². The van der Waals surface area contributed by atoms with Crippen LogP contribution in [-0.4, -0.2) is 46.7 Å². The molecule has 8 heteroatoms. The van der Waals surface area contributed by atoms with Gasteiger partial charge in [0.15, 0.2) is 5.16 Å². The molecule has 0 saturated carbocycles. The van der Waals surface area contributed by atoms with E-state index in [1.165, 1.54) is 23.9 Å². The SMILES string of the molecule is CSc1nccc(N2CCN(Cc3ccc(F)cc3F)C(=O)C2)n1. The lowest BCUT2D eigenvalue weighted by atomic mass is 10.1. The van der Waals surface area contributed by atoms with E-state index in [-0.39, 0.29) is 19.0 Å². The predicted molar refractivity (Wildman–Crippen MR) is 87.8 cm³/mol. The van der Waals surface area contributed by atoms with Crippen LogP contribution in [-0.2, 0) is 11.3 Å². The number of aromatic nitrogens is 2. The van der Waals surface area contributed by atoms with Gasteiger partial charge in [0, 0.05) is 37.5 Å². The van der Waals surface area contributed by atoms with Crippen LogP contribution in [0.25, 0.3) is 0 Å². The minimum Gasteiger partial charge on any atom is -0.345 e. The van der Waals surface area contributed by atoms with Crippen LogP contribution in [0.2, 0.25) is 0 Å². The molecule has 24 heavy (non-hydrogen) atoms. The molecule has 1 saturated heterocycles. The summed E-state index contributed by atoms with van der Waals surface area (Å²) in [6.07, 6.45) is 3.55. The summed E-state index contributed by atoms with van der Waals surface area (Å²) in [4.78, 5) is 24.3. The normalized spacial score (nSPS) is 15.0. The van der Waals surface area contributed by atoms with Gasteiger partial charge in [-0.2, -0.15) is 0 Å². The van der Waals surface area contributed by atoms with Gasteiger partial charge in [-0.05, 0) is 18.4 Å². The fraction of sp³-hybridized carbons (Fsp3) is 0.312. The Labute approximate surface area is 142 Å². The summed E-state index contributed by atoms with van der Waals surface area (Å²) in [5, 5.41) is 0.649. The lowest BCUT2D eigenvalue weighted by Crippen LogP contribution is -2.50. The molecular formula is C16H16F2N4OS. The molecule has 2 aromatic rings. The Balaban J connectivity index is 1.68. The maximum atomic E-state index is 13.7. The second kappa shape index (κ2) is 7.12. The molecule has 0 aliphatic carbocycles. The van der Waals surface area contributed by atoms with E-state index in [2.05, 4.69) is 9.97 Å². The molecule has 0 spiro atoms. The molecule has 1 aromatic heterocycles. The van der Waals surface area contributed by atoms with Crippen LogP contribution >= 0.6 is 11.8 Å². The molecule has 126 valence electrons. The van der Waals surface area contributed by atoms with Crippen molar-refractivity contribution < 1.29 is 13.6 Å². The monoisotopic (exact) mass is 350 g/mol. The summed E-state index contributed by atoms with van der Waals surface area (Å²) in [6, 6.07) is 5.17. The highest BCUT2D eigenvalue weighted by atomic mass is 32.2. The molecular weight excluding hydrogens is 334 g/mol. The van der Waals surface area contributed by atoms with E-state index >= 15 is 0 Å². The van der Waals surface area contributed by atoms with Crippen molar-refractivity contribution in [3.05, 3.63) is 47.7 Å². The average molecular weight is 350 g/mol. The van der Waals surface area contributed by atoms with Crippen molar-refractivity contribution >= 4 is 23.5 Å². The maximum Gasteiger partial charge on any atom is 0.242 e. The maximum absolute atomic E-state index is 13.7. The van der Waals surface area contributed by atoms with E-state index in [0.29, 0.717) is 29.6 Å². The molecule has 1 fully saturated rings. The molecule has 1 amide bonds. The Kier molecular flexibility index (Phi) is 4.94. The van der Waals surface area contributed by atoms with Crippen molar-refractivity contribution in [2.24, 2.45) is 0 Å². The smallest absolute Gasteiger partial charge is 0.242 e. The summed E-state index contributed by atoms with van der Waals surface area (Å²) in [5.41, 5.74) is 0.310. The number of nitrogens with zero attached hydrogens (tertiary/aromatic N) is 4. The van der Waals surface area contributed by atoms with Crippen LogP contribution in [0.1, 0.15) is 5.56 Å². The van der Waals surface area contributed by atoms with Crippen LogP contribution in [0.15, 0.2) is 35.6 Å². The van der Waals surface area contributed by atoms with E-state index in [9.17, 15) is 13.6 Å². The van der Waals surface area contributed by atoms with Gasteiger partial charge < -0.3 is 9.80 Å². The topological polar surface area (TPSA) is 49.3 Å². The Morgan fingerprint density at radius 3 is 2.79 bits per heavy atom. The first-order valence-corrected chi connectivity index (χ1v) is 8.63. The van der Waals surface area contributed by atoms with Gasteiger partial charge in [-0.15, -0.1) is 0 Å². The van der Waals surface area contributed by atoms with Gasteiger partial charge in [-0.25, -0.2) is 18.7 Å². The molecule has 0 unspecified atom stereocenters. The molecule has 1 aromatic carbocycles. The zero-order valence-electron chi connectivity index (χ0n) is 13.1. The Bertz CT molecular complexity index is 759. The van der Waals surface area contributed by atoms with Gasteiger partial charge in [0.05, 0.1) is 6.54 Å². The van der Waals surface area contributed by atoms with Crippen molar-refractivity contribution in [1.82, 2.24) is 14.9 Å². The van der Waals surface area contributed by atoms with E-state index in [1.54, 1.807) is 17.2 Å². The van der Waals surface area contributed by atoms with Crippen molar-refractivity contribution in [2.75, 3.05) is 30.8 Å². The first kappa shape index (κ1) is 16.6. The highest BCUT2D eigenvalue weighted by Gasteiger charge is 2.25. The van der Waals surface area contributed by atoms with Gasteiger partial charge in [-0.1, -0.05) is 17.8 Å². The molecule has 3 rings (SSSR count). The van der Waals surface area contributed by atoms with Gasteiger partial charge >= 0.3 is 0 Å². The zero-order valence-corrected chi connectivity index (χ0v) is 13.9. The van der Waals surface area contributed by atoms with Gasteiger partial charge in [0.1, 0.15) is 17.5 Å². The molecule has 0 bridgehead atoms. The fourth-order valence-corrected chi connectivity index (χ4v) is 2.88.